The van der Waals surface area contributed by atoms with Gasteiger partial charge in [-0.1, -0.05) is 23.7 Å². The van der Waals surface area contributed by atoms with Crippen molar-refractivity contribution in [3.8, 4) is 28.3 Å². The number of ether oxygens (including phenoxy) is 1. The van der Waals surface area contributed by atoms with Gasteiger partial charge in [0.2, 0.25) is 5.88 Å². The van der Waals surface area contributed by atoms with E-state index in [1.165, 1.54) is 6.20 Å². The van der Waals surface area contributed by atoms with Gasteiger partial charge in [-0.05, 0) is 23.8 Å². The zero-order chi connectivity index (χ0) is 19.6. The first kappa shape index (κ1) is 19.1. The third-order valence-corrected chi connectivity index (χ3v) is 4.50. The van der Waals surface area contributed by atoms with Crippen LogP contribution in [0.25, 0.3) is 22.4 Å². The maximum Gasteiger partial charge on any atom is 0.422 e. The fourth-order valence-electron chi connectivity index (χ4n) is 2.21. The van der Waals surface area contributed by atoms with Crippen LogP contribution in [0.4, 0.5) is 13.2 Å². The predicted molar refractivity (Wildman–Crippen MR) is 95.9 cm³/mol. The second kappa shape index (κ2) is 7.53. The molecule has 0 spiro atoms. The topological polar surface area (TPSA) is 78.1 Å². The monoisotopic (exact) mass is 413 g/mol. The van der Waals surface area contributed by atoms with E-state index in [9.17, 15) is 18.0 Å². The van der Waals surface area contributed by atoms with Gasteiger partial charge in [0.25, 0.3) is 5.91 Å². The number of amides is 1. The SMILES string of the molecule is NC(=O)c1nc(-c2cnc(OCC(F)(F)F)c(-c3ccc(Cl)cc3)c2)cs1. The Morgan fingerprint density at radius 2 is 1.93 bits per heavy atom. The van der Waals surface area contributed by atoms with Crippen molar-refractivity contribution in [2.45, 2.75) is 6.18 Å². The lowest BCUT2D eigenvalue weighted by molar-refractivity contribution is -0.154. The number of nitrogens with two attached hydrogens (primary N) is 1. The molecule has 2 heterocycles. The molecule has 2 aromatic heterocycles. The summed E-state index contributed by atoms with van der Waals surface area (Å²) in [6.45, 7) is -1.47. The van der Waals surface area contributed by atoms with Gasteiger partial charge in [-0.3, -0.25) is 4.79 Å². The van der Waals surface area contributed by atoms with E-state index >= 15 is 0 Å². The van der Waals surface area contributed by atoms with Crippen LogP contribution < -0.4 is 10.5 Å². The van der Waals surface area contributed by atoms with Crippen LogP contribution in [-0.2, 0) is 0 Å². The highest BCUT2D eigenvalue weighted by molar-refractivity contribution is 7.12. The lowest BCUT2D eigenvalue weighted by atomic mass is 10.0. The zero-order valence-corrected chi connectivity index (χ0v) is 15.0. The molecule has 5 nitrogen and oxygen atoms in total. The lowest BCUT2D eigenvalue weighted by Gasteiger charge is -2.13. The number of pyridine rings is 1. The van der Waals surface area contributed by atoms with Crippen molar-refractivity contribution in [3.63, 3.8) is 0 Å². The van der Waals surface area contributed by atoms with Crippen molar-refractivity contribution in [1.82, 2.24) is 9.97 Å². The van der Waals surface area contributed by atoms with Gasteiger partial charge in [0.05, 0.1) is 5.69 Å². The van der Waals surface area contributed by atoms with Gasteiger partial charge in [0.15, 0.2) is 11.6 Å². The molecule has 0 aliphatic rings. The zero-order valence-electron chi connectivity index (χ0n) is 13.5. The highest BCUT2D eigenvalue weighted by atomic mass is 35.5. The van der Waals surface area contributed by atoms with Crippen LogP contribution in [0, 0.1) is 0 Å². The van der Waals surface area contributed by atoms with Crippen LogP contribution in [0.3, 0.4) is 0 Å². The van der Waals surface area contributed by atoms with Crippen molar-refractivity contribution in [2.24, 2.45) is 5.73 Å². The maximum atomic E-state index is 12.5. The van der Waals surface area contributed by atoms with Crippen molar-refractivity contribution in [1.29, 1.82) is 0 Å². The molecule has 0 aliphatic carbocycles. The summed E-state index contributed by atoms with van der Waals surface area (Å²) in [7, 11) is 0. The molecule has 27 heavy (non-hydrogen) atoms. The largest absolute Gasteiger partial charge is 0.468 e. The van der Waals surface area contributed by atoms with Crippen LogP contribution in [0.5, 0.6) is 5.88 Å². The summed E-state index contributed by atoms with van der Waals surface area (Å²) in [6, 6.07) is 8.07. The number of primary amides is 1. The number of halogens is 4. The van der Waals surface area contributed by atoms with Gasteiger partial charge in [0, 0.05) is 27.7 Å². The van der Waals surface area contributed by atoms with E-state index in [0.717, 1.165) is 11.3 Å². The first-order valence-corrected chi connectivity index (χ1v) is 8.70. The van der Waals surface area contributed by atoms with Crippen LogP contribution in [-0.4, -0.2) is 28.7 Å². The Bertz CT molecular complexity index is 974. The molecule has 0 bridgehead atoms. The van der Waals surface area contributed by atoms with E-state index in [4.69, 9.17) is 22.1 Å². The number of carbonyl (C=O) groups is 1. The average Bonchev–Trinajstić information content (AvgIpc) is 3.10. The van der Waals surface area contributed by atoms with Crippen LogP contribution in [0.1, 0.15) is 9.80 Å². The molecule has 0 saturated carbocycles. The Kier molecular flexibility index (Phi) is 5.33. The minimum absolute atomic E-state index is 0.121. The third kappa shape index (κ3) is 4.75. The lowest BCUT2D eigenvalue weighted by Crippen LogP contribution is -2.20. The van der Waals surface area contributed by atoms with Gasteiger partial charge >= 0.3 is 6.18 Å². The second-order valence-corrected chi connectivity index (χ2v) is 6.68. The van der Waals surface area contributed by atoms with Crippen molar-refractivity contribution < 1.29 is 22.7 Å². The average molecular weight is 414 g/mol. The maximum absolute atomic E-state index is 12.5. The molecule has 1 aromatic carbocycles. The van der Waals surface area contributed by atoms with Gasteiger partial charge in [-0.25, -0.2) is 9.97 Å². The Morgan fingerprint density at radius 1 is 1.22 bits per heavy atom. The molecule has 10 heteroatoms. The summed E-state index contributed by atoms with van der Waals surface area (Å²) in [4.78, 5) is 19.3. The number of nitrogens with zero attached hydrogens (tertiary/aromatic N) is 2. The molecular weight excluding hydrogens is 403 g/mol. The fraction of sp³-hybridized carbons (Fsp3) is 0.118. The summed E-state index contributed by atoms with van der Waals surface area (Å²) < 4.78 is 42.4. The Morgan fingerprint density at radius 3 is 2.52 bits per heavy atom. The molecule has 0 radical (unpaired) electrons. The van der Waals surface area contributed by atoms with E-state index in [1.807, 2.05) is 0 Å². The minimum Gasteiger partial charge on any atom is -0.468 e. The molecular formula is C17H11ClF3N3O2S. The normalized spacial score (nSPS) is 11.4. The molecule has 140 valence electrons. The van der Waals surface area contributed by atoms with Crippen LogP contribution in [0.2, 0.25) is 5.02 Å². The number of hydrogen-bond donors (Lipinski definition) is 1. The smallest absolute Gasteiger partial charge is 0.422 e. The molecule has 0 saturated heterocycles. The minimum atomic E-state index is -4.50. The molecule has 2 N–H and O–H groups in total. The number of alkyl halides is 3. The molecule has 3 aromatic rings. The van der Waals surface area contributed by atoms with Crippen molar-refractivity contribution >= 4 is 28.8 Å². The standard InChI is InChI=1S/C17H11ClF3N3O2S/c18-11-3-1-9(2-4-11)12-5-10(13-7-27-16(24-13)14(22)25)6-23-15(12)26-8-17(19,20)21/h1-7H,8H2,(H2,22,25). The molecule has 3 rings (SSSR count). The predicted octanol–water partition coefficient (Wildman–Crippen LogP) is 4.57. The Balaban J connectivity index is 2.03. The number of rotatable bonds is 5. The summed E-state index contributed by atoms with van der Waals surface area (Å²) in [6.07, 6.45) is -3.17. The van der Waals surface area contributed by atoms with Crippen molar-refractivity contribution in [2.75, 3.05) is 6.61 Å². The van der Waals surface area contributed by atoms with Gasteiger partial charge in [-0.15, -0.1) is 11.3 Å². The summed E-state index contributed by atoms with van der Waals surface area (Å²) in [5.41, 5.74) is 7.03. The number of benzene rings is 1. The Hall–Kier alpha value is -2.65. The van der Waals surface area contributed by atoms with Crippen molar-refractivity contribution in [3.05, 3.63) is 51.9 Å². The first-order chi connectivity index (χ1) is 12.7. The number of hydrogen-bond acceptors (Lipinski definition) is 5. The molecule has 1 amide bonds. The quantitative estimate of drug-likeness (QED) is 0.664. The second-order valence-electron chi connectivity index (χ2n) is 5.39. The number of thiazole rings is 1. The number of carbonyl (C=O) groups excluding carboxylic acids is 1. The summed E-state index contributed by atoms with van der Waals surface area (Å²) in [5, 5.41) is 2.21. The van der Waals surface area contributed by atoms with E-state index in [-0.39, 0.29) is 10.9 Å². The molecule has 0 unspecified atom stereocenters. The highest BCUT2D eigenvalue weighted by Gasteiger charge is 2.29. The van der Waals surface area contributed by atoms with E-state index in [2.05, 4.69) is 9.97 Å². The highest BCUT2D eigenvalue weighted by Crippen LogP contribution is 2.34. The molecule has 0 atom stereocenters. The van der Waals surface area contributed by atoms with Gasteiger partial charge in [-0.2, -0.15) is 13.2 Å². The Labute approximate surface area is 160 Å². The molecule has 0 fully saturated rings. The van der Waals surface area contributed by atoms with E-state index in [1.54, 1.807) is 35.7 Å². The van der Waals surface area contributed by atoms with Crippen LogP contribution >= 0.6 is 22.9 Å². The fourth-order valence-corrected chi connectivity index (χ4v) is 3.02. The summed E-state index contributed by atoms with van der Waals surface area (Å²) in [5.74, 6) is -0.842. The van der Waals surface area contributed by atoms with E-state index in [0.29, 0.717) is 27.4 Å². The first-order valence-electron chi connectivity index (χ1n) is 7.44. The van der Waals surface area contributed by atoms with Crippen LogP contribution in [0.15, 0.2) is 41.9 Å². The summed E-state index contributed by atoms with van der Waals surface area (Å²) >= 11 is 6.93. The van der Waals surface area contributed by atoms with Gasteiger partial charge in [0.1, 0.15) is 0 Å². The van der Waals surface area contributed by atoms with Gasteiger partial charge < -0.3 is 10.5 Å². The molecule has 0 aliphatic heterocycles. The van der Waals surface area contributed by atoms with E-state index < -0.39 is 18.7 Å². The third-order valence-electron chi connectivity index (χ3n) is 3.39. The number of aromatic nitrogens is 2.